The summed E-state index contributed by atoms with van der Waals surface area (Å²) in [5, 5.41) is 3.47. The van der Waals surface area contributed by atoms with E-state index < -0.39 is 0 Å². The molecule has 1 aliphatic heterocycles. The van der Waals surface area contributed by atoms with Gasteiger partial charge in [0.05, 0.1) is 6.10 Å². The van der Waals surface area contributed by atoms with E-state index >= 15 is 0 Å². The van der Waals surface area contributed by atoms with Crippen LogP contribution < -0.4 is 5.32 Å². The molecule has 1 N–H and O–H groups in total. The molecule has 2 atom stereocenters. The zero-order valence-electron chi connectivity index (χ0n) is 13.4. The number of rotatable bonds is 6. The van der Waals surface area contributed by atoms with Gasteiger partial charge in [0.2, 0.25) is 0 Å². The normalized spacial score (nSPS) is 28.5. The molecule has 3 rings (SSSR count). The molecule has 0 spiro atoms. The lowest BCUT2D eigenvalue weighted by Gasteiger charge is -2.40. The lowest BCUT2D eigenvalue weighted by atomic mass is 9.67. The first-order chi connectivity index (χ1) is 10.3. The Morgan fingerprint density at radius 1 is 1.29 bits per heavy atom. The summed E-state index contributed by atoms with van der Waals surface area (Å²) in [5.41, 5.74) is 3.54. The number of aryl methyl sites for hydroxylation is 1. The van der Waals surface area contributed by atoms with Gasteiger partial charge in [-0.3, -0.25) is 0 Å². The second-order valence-electron chi connectivity index (χ2n) is 6.85. The zero-order valence-corrected chi connectivity index (χ0v) is 13.4. The Hall–Kier alpha value is -0.860. The second-order valence-corrected chi connectivity index (χ2v) is 6.85. The summed E-state index contributed by atoms with van der Waals surface area (Å²) in [5.74, 6) is 0. The van der Waals surface area contributed by atoms with Crippen molar-refractivity contribution >= 4 is 0 Å². The molecule has 1 fully saturated rings. The van der Waals surface area contributed by atoms with Crippen LogP contribution in [-0.4, -0.2) is 26.3 Å². The molecule has 21 heavy (non-hydrogen) atoms. The Bertz CT molecular complexity index is 453. The molecule has 0 radical (unpaired) electrons. The van der Waals surface area contributed by atoms with Crippen molar-refractivity contribution in [1.29, 1.82) is 0 Å². The number of hydrogen-bond acceptors (Lipinski definition) is 2. The van der Waals surface area contributed by atoms with Crippen LogP contribution >= 0.6 is 0 Å². The monoisotopic (exact) mass is 287 g/mol. The average Bonchev–Trinajstić information content (AvgIpc) is 3.01. The topological polar surface area (TPSA) is 21.3 Å². The summed E-state index contributed by atoms with van der Waals surface area (Å²) in [6.07, 6.45) is 10.8. The Labute approximate surface area is 129 Å². The molecule has 0 amide bonds. The van der Waals surface area contributed by atoms with Crippen LogP contribution in [0, 0.1) is 0 Å². The quantitative estimate of drug-likeness (QED) is 0.858. The fourth-order valence-corrected chi connectivity index (χ4v) is 4.42. The predicted octanol–water partition coefficient (Wildman–Crippen LogP) is 3.83. The zero-order chi connectivity index (χ0) is 14.5. The maximum absolute atomic E-state index is 5.79. The van der Waals surface area contributed by atoms with E-state index in [1.54, 1.807) is 11.1 Å². The van der Waals surface area contributed by atoms with E-state index in [0.29, 0.717) is 11.5 Å². The molecule has 0 bridgehead atoms. The third-order valence-electron chi connectivity index (χ3n) is 5.41. The third-order valence-corrected chi connectivity index (χ3v) is 5.41. The molecule has 1 heterocycles. The van der Waals surface area contributed by atoms with E-state index in [4.69, 9.17) is 4.74 Å². The molecule has 116 valence electrons. The van der Waals surface area contributed by atoms with Crippen molar-refractivity contribution in [3.05, 3.63) is 35.4 Å². The molecule has 2 aliphatic rings. The largest absolute Gasteiger partial charge is 0.378 e. The molecule has 0 saturated carbocycles. The molecule has 1 aromatic carbocycles. The summed E-state index contributed by atoms with van der Waals surface area (Å²) in [7, 11) is 2.10. The smallest absolute Gasteiger partial charge is 0.0576 e. The van der Waals surface area contributed by atoms with Gasteiger partial charge in [0.25, 0.3) is 0 Å². The van der Waals surface area contributed by atoms with Gasteiger partial charge < -0.3 is 10.1 Å². The van der Waals surface area contributed by atoms with Crippen molar-refractivity contribution in [2.24, 2.45) is 0 Å². The molecule has 1 aliphatic carbocycles. The molecule has 2 heteroatoms. The summed E-state index contributed by atoms with van der Waals surface area (Å²) in [6.45, 7) is 2.09. The van der Waals surface area contributed by atoms with E-state index in [1.165, 1.54) is 51.4 Å². The SMILES string of the molecule is CNCC1(CCCC2CCCO2)CCCc2ccccc21. The molecule has 1 saturated heterocycles. The number of benzene rings is 1. The molecule has 2 unspecified atom stereocenters. The summed E-state index contributed by atoms with van der Waals surface area (Å²) >= 11 is 0. The Morgan fingerprint density at radius 2 is 2.19 bits per heavy atom. The summed E-state index contributed by atoms with van der Waals surface area (Å²) in [6, 6.07) is 9.12. The van der Waals surface area contributed by atoms with Gasteiger partial charge in [-0.05, 0) is 69.5 Å². The highest BCUT2D eigenvalue weighted by atomic mass is 16.5. The first kappa shape index (κ1) is 15.1. The Morgan fingerprint density at radius 3 is 3.00 bits per heavy atom. The van der Waals surface area contributed by atoms with Crippen molar-refractivity contribution in [1.82, 2.24) is 5.32 Å². The van der Waals surface area contributed by atoms with Gasteiger partial charge in [-0.25, -0.2) is 0 Å². The van der Waals surface area contributed by atoms with E-state index in [9.17, 15) is 0 Å². The van der Waals surface area contributed by atoms with Crippen LogP contribution in [0.25, 0.3) is 0 Å². The van der Waals surface area contributed by atoms with Crippen molar-refractivity contribution in [2.75, 3.05) is 20.2 Å². The van der Waals surface area contributed by atoms with E-state index in [1.807, 2.05) is 0 Å². The van der Waals surface area contributed by atoms with Crippen LogP contribution in [0.2, 0.25) is 0 Å². The molecular formula is C19H29NO. The minimum atomic E-state index is 0.349. The average molecular weight is 287 g/mol. The fourth-order valence-electron chi connectivity index (χ4n) is 4.42. The minimum absolute atomic E-state index is 0.349. The van der Waals surface area contributed by atoms with Crippen molar-refractivity contribution in [3.8, 4) is 0 Å². The Kier molecular flexibility index (Phi) is 4.97. The maximum atomic E-state index is 5.79. The van der Waals surface area contributed by atoms with Gasteiger partial charge in [0, 0.05) is 18.6 Å². The Balaban J connectivity index is 1.70. The second kappa shape index (κ2) is 6.93. The van der Waals surface area contributed by atoms with Crippen LogP contribution in [-0.2, 0) is 16.6 Å². The third kappa shape index (κ3) is 3.32. The first-order valence-electron chi connectivity index (χ1n) is 8.69. The highest BCUT2D eigenvalue weighted by molar-refractivity contribution is 5.37. The van der Waals surface area contributed by atoms with Crippen molar-refractivity contribution < 1.29 is 4.74 Å². The van der Waals surface area contributed by atoms with Gasteiger partial charge in [0.15, 0.2) is 0 Å². The molecule has 1 aromatic rings. The highest BCUT2D eigenvalue weighted by Gasteiger charge is 2.35. The fraction of sp³-hybridized carbons (Fsp3) is 0.684. The van der Waals surface area contributed by atoms with Gasteiger partial charge in [-0.1, -0.05) is 24.3 Å². The molecular weight excluding hydrogens is 258 g/mol. The maximum Gasteiger partial charge on any atom is 0.0576 e. The number of ether oxygens (including phenoxy) is 1. The molecule has 2 nitrogen and oxygen atoms in total. The van der Waals surface area contributed by atoms with Gasteiger partial charge >= 0.3 is 0 Å². The number of fused-ring (bicyclic) bond motifs is 1. The number of nitrogens with one attached hydrogen (secondary N) is 1. The standard InChI is InChI=1S/C19H29NO/c1-20-15-19(13-5-9-17-10-6-14-21-17)12-4-8-16-7-2-3-11-18(16)19/h2-3,7,11,17,20H,4-6,8-10,12-15H2,1H3. The van der Waals surface area contributed by atoms with E-state index in [2.05, 4.69) is 36.6 Å². The van der Waals surface area contributed by atoms with Crippen LogP contribution in [0.3, 0.4) is 0 Å². The first-order valence-corrected chi connectivity index (χ1v) is 8.69. The van der Waals surface area contributed by atoms with Crippen LogP contribution in [0.15, 0.2) is 24.3 Å². The van der Waals surface area contributed by atoms with Gasteiger partial charge in [-0.15, -0.1) is 0 Å². The van der Waals surface area contributed by atoms with Gasteiger partial charge in [-0.2, -0.15) is 0 Å². The predicted molar refractivity (Wildman–Crippen MR) is 87.8 cm³/mol. The van der Waals surface area contributed by atoms with Crippen molar-refractivity contribution in [3.63, 3.8) is 0 Å². The van der Waals surface area contributed by atoms with Crippen LogP contribution in [0.4, 0.5) is 0 Å². The summed E-state index contributed by atoms with van der Waals surface area (Å²) < 4.78 is 5.79. The number of hydrogen-bond donors (Lipinski definition) is 1. The minimum Gasteiger partial charge on any atom is -0.378 e. The lowest BCUT2D eigenvalue weighted by Crippen LogP contribution is -2.40. The number of likely N-dealkylation sites (N-methyl/N-ethyl adjacent to an activating group) is 1. The summed E-state index contributed by atoms with van der Waals surface area (Å²) in [4.78, 5) is 0. The highest BCUT2D eigenvalue weighted by Crippen LogP contribution is 2.41. The molecule has 0 aromatic heterocycles. The van der Waals surface area contributed by atoms with Crippen LogP contribution in [0.1, 0.15) is 56.1 Å². The van der Waals surface area contributed by atoms with Gasteiger partial charge in [0.1, 0.15) is 0 Å². The van der Waals surface area contributed by atoms with Crippen LogP contribution in [0.5, 0.6) is 0 Å². The van der Waals surface area contributed by atoms with Crippen molar-refractivity contribution in [2.45, 2.75) is 62.9 Å². The van der Waals surface area contributed by atoms with E-state index in [0.717, 1.165) is 13.2 Å². The van der Waals surface area contributed by atoms with E-state index in [-0.39, 0.29) is 0 Å². The lowest BCUT2D eigenvalue weighted by molar-refractivity contribution is 0.0994.